The van der Waals surface area contributed by atoms with E-state index < -0.39 is 0 Å². The Kier molecular flexibility index (Phi) is 5.17. The van der Waals surface area contributed by atoms with Gasteiger partial charge in [-0.3, -0.25) is 4.79 Å². The fourth-order valence-corrected chi connectivity index (χ4v) is 4.46. The standard InChI is InChI=1S/C17H30N2O2/c1-2-21-17(20)13-5-7-14(8-6-13)18-15-9-11-19-10-3-4-16(19)12-15/h13-16,18H,2-12H2,1H3. The second-order valence-electron chi connectivity index (χ2n) is 7.02. The largest absolute Gasteiger partial charge is 0.466 e. The fourth-order valence-electron chi connectivity index (χ4n) is 4.46. The minimum atomic E-state index is 0.0233. The third-order valence-electron chi connectivity index (χ3n) is 5.64. The van der Waals surface area contributed by atoms with Crippen LogP contribution in [0.15, 0.2) is 0 Å². The van der Waals surface area contributed by atoms with Crippen molar-refractivity contribution in [1.82, 2.24) is 10.2 Å². The summed E-state index contributed by atoms with van der Waals surface area (Å²) in [5, 5.41) is 3.88. The second kappa shape index (κ2) is 7.10. The van der Waals surface area contributed by atoms with Crippen LogP contribution in [0.25, 0.3) is 0 Å². The van der Waals surface area contributed by atoms with E-state index in [1.807, 2.05) is 6.92 Å². The van der Waals surface area contributed by atoms with Gasteiger partial charge in [0.25, 0.3) is 0 Å². The summed E-state index contributed by atoms with van der Waals surface area (Å²) in [4.78, 5) is 14.4. The van der Waals surface area contributed by atoms with E-state index in [1.54, 1.807) is 0 Å². The fraction of sp³-hybridized carbons (Fsp3) is 0.941. The molecule has 4 heteroatoms. The van der Waals surface area contributed by atoms with Gasteiger partial charge in [0.15, 0.2) is 0 Å². The van der Waals surface area contributed by atoms with Crippen molar-refractivity contribution in [3.63, 3.8) is 0 Å². The monoisotopic (exact) mass is 294 g/mol. The van der Waals surface area contributed by atoms with Crippen LogP contribution in [0.1, 0.15) is 58.3 Å². The normalized spacial score (nSPS) is 37.2. The molecule has 1 aliphatic carbocycles. The van der Waals surface area contributed by atoms with E-state index >= 15 is 0 Å². The molecule has 3 fully saturated rings. The number of hydrogen-bond acceptors (Lipinski definition) is 4. The van der Waals surface area contributed by atoms with E-state index in [0.717, 1.165) is 31.7 Å². The van der Waals surface area contributed by atoms with Crippen molar-refractivity contribution in [3.8, 4) is 0 Å². The molecule has 0 aromatic carbocycles. The molecular weight excluding hydrogens is 264 g/mol. The van der Waals surface area contributed by atoms with Gasteiger partial charge in [-0.2, -0.15) is 0 Å². The van der Waals surface area contributed by atoms with E-state index in [2.05, 4.69) is 10.2 Å². The van der Waals surface area contributed by atoms with Gasteiger partial charge < -0.3 is 15.0 Å². The van der Waals surface area contributed by atoms with E-state index in [9.17, 15) is 4.79 Å². The Morgan fingerprint density at radius 2 is 1.90 bits per heavy atom. The highest BCUT2D eigenvalue weighted by atomic mass is 16.5. The van der Waals surface area contributed by atoms with Gasteiger partial charge in [-0.1, -0.05) is 0 Å². The number of esters is 1. The predicted octanol–water partition coefficient (Wildman–Crippen LogP) is 2.32. The Morgan fingerprint density at radius 1 is 1.10 bits per heavy atom. The van der Waals surface area contributed by atoms with E-state index in [0.29, 0.717) is 18.7 Å². The SMILES string of the molecule is CCOC(=O)C1CCC(NC2CCN3CCCC3C2)CC1. The summed E-state index contributed by atoms with van der Waals surface area (Å²) in [7, 11) is 0. The molecule has 1 N–H and O–H groups in total. The van der Waals surface area contributed by atoms with E-state index in [-0.39, 0.29) is 11.9 Å². The molecule has 1 saturated carbocycles. The first-order valence-corrected chi connectivity index (χ1v) is 8.93. The van der Waals surface area contributed by atoms with Gasteiger partial charge in [0.2, 0.25) is 0 Å². The average molecular weight is 294 g/mol. The molecule has 21 heavy (non-hydrogen) atoms. The second-order valence-corrected chi connectivity index (χ2v) is 7.02. The number of carbonyl (C=O) groups is 1. The van der Waals surface area contributed by atoms with Gasteiger partial charge in [0.05, 0.1) is 12.5 Å². The van der Waals surface area contributed by atoms with Crippen LogP contribution in [-0.2, 0) is 9.53 Å². The van der Waals surface area contributed by atoms with Crippen molar-refractivity contribution in [3.05, 3.63) is 0 Å². The zero-order chi connectivity index (χ0) is 14.7. The highest BCUT2D eigenvalue weighted by molar-refractivity contribution is 5.72. The maximum atomic E-state index is 11.8. The number of nitrogens with one attached hydrogen (secondary N) is 1. The Hall–Kier alpha value is -0.610. The molecule has 2 aliphatic heterocycles. The molecular formula is C17H30N2O2. The molecule has 2 saturated heterocycles. The van der Waals surface area contributed by atoms with Crippen molar-refractivity contribution < 1.29 is 9.53 Å². The van der Waals surface area contributed by atoms with Crippen LogP contribution in [0.2, 0.25) is 0 Å². The minimum Gasteiger partial charge on any atom is -0.466 e. The quantitative estimate of drug-likeness (QED) is 0.808. The summed E-state index contributed by atoms with van der Waals surface area (Å²) < 4.78 is 5.15. The van der Waals surface area contributed by atoms with Crippen molar-refractivity contribution in [1.29, 1.82) is 0 Å². The van der Waals surface area contributed by atoms with Crippen molar-refractivity contribution >= 4 is 5.97 Å². The number of rotatable bonds is 4. The van der Waals surface area contributed by atoms with Crippen LogP contribution in [0.5, 0.6) is 0 Å². The first kappa shape index (κ1) is 15.3. The van der Waals surface area contributed by atoms with Crippen LogP contribution in [0.4, 0.5) is 0 Å². The number of ether oxygens (including phenoxy) is 1. The molecule has 0 spiro atoms. The van der Waals surface area contributed by atoms with Crippen LogP contribution in [0.3, 0.4) is 0 Å². The molecule has 3 aliphatic rings. The number of nitrogens with zero attached hydrogens (tertiary/aromatic N) is 1. The van der Waals surface area contributed by atoms with Crippen LogP contribution in [-0.4, -0.2) is 48.7 Å². The number of piperidine rings is 1. The predicted molar refractivity (Wildman–Crippen MR) is 83.1 cm³/mol. The van der Waals surface area contributed by atoms with Gasteiger partial charge in [-0.15, -0.1) is 0 Å². The summed E-state index contributed by atoms with van der Waals surface area (Å²) >= 11 is 0. The lowest BCUT2D eigenvalue weighted by Crippen LogP contribution is -2.49. The molecule has 0 aromatic heterocycles. The number of fused-ring (bicyclic) bond motifs is 1. The molecule has 3 rings (SSSR count). The maximum Gasteiger partial charge on any atom is 0.308 e. The molecule has 2 heterocycles. The smallest absolute Gasteiger partial charge is 0.308 e. The van der Waals surface area contributed by atoms with Crippen molar-refractivity contribution in [2.45, 2.75) is 76.4 Å². The van der Waals surface area contributed by atoms with Gasteiger partial charge in [0.1, 0.15) is 0 Å². The van der Waals surface area contributed by atoms with Crippen LogP contribution >= 0.6 is 0 Å². The zero-order valence-corrected chi connectivity index (χ0v) is 13.4. The van der Waals surface area contributed by atoms with Gasteiger partial charge in [-0.05, 0) is 71.4 Å². The lowest BCUT2D eigenvalue weighted by Gasteiger charge is -2.38. The average Bonchev–Trinajstić information content (AvgIpc) is 2.96. The Morgan fingerprint density at radius 3 is 2.67 bits per heavy atom. The highest BCUT2D eigenvalue weighted by Crippen LogP contribution is 2.29. The maximum absolute atomic E-state index is 11.8. The summed E-state index contributed by atoms with van der Waals surface area (Å²) in [6.45, 7) is 5.00. The third kappa shape index (κ3) is 3.78. The Bertz CT molecular complexity index is 353. The minimum absolute atomic E-state index is 0.0233. The zero-order valence-electron chi connectivity index (χ0n) is 13.4. The molecule has 0 aromatic rings. The molecule has 2 atom stereocenters. The van der Waals surface area contributed by atoms with E-state index in [1.165, 1.54) is 38.8 Å². The summed E-state index contributed by atoms with van der Waals surface area (Å²) in [5.41, 5.74) is 0. The topological polar surface area (TPSA) is 41.6 Å². The van der Waals surface area contributed by atoms with Gasteiger partial charge in [-0.25, -0.2) is 0 Å². The molecule has 0 amide bonds. The summed E-state index contributed by atoms with van der Waals surface area (Å²) in [5.74, 6) is 0.176. The van der Waals surface area contributed by atoms with Crippen molar-refractivity contribution in [2.75, 3.05) is 19.7 Å². The van der Waals surface area contributed by atoms with Crippen LogP contribution in [0, 0.1) is 5.92 Å². The third-order valence-corrected chi connectivity index (χ3v) is 5.64. The van der Waals surface area contributed by atoms with Crippen molar-refractivity contribution in [2.24, 2.45) is 5.92 Å². The highest BCUT2D eigenvalue weighted by Gasteiger charge is 2.33. The molecule has 4 nitrogen and oxygen atoms in total. The number of hydrogen-bond donors (Lipinski definition) is 1. The van der Waals surface area contributed by atoms with Gasteiger partial charge >= 0.3 is 5.97 Å². The number of carbonyl (C=O) groups excluding carboxylic acids is 1. The first-order chi connectivity index (χ1) is 10.3. The Labute approximate surface area is 128 Å². The Balaban J connectivity index is 1.40. The summed E-state index contributed by atoms with van der Waals surface area (Å²) in [6, 6.07) is 2.16. The van der Waals surface area contributed by atoms with Crippen LogP contribution < -0.4 is 5.32 Å². The molecule has 120 valence electrons. The molecule has 0 radical (unpaired) electrons. The first-order valence-electron chi connectivity index (χ1n) is 8.93. The lowest BCUT2D eigenvalue weighted by molar-refractivity contribution is -0.149. The van der Waals surface area contributed by atoms with E-state index in [4.69, 9.17) is 4.74 Å². The summed E-state index contributed by atoms with van der Waals surface area (Å²) in [6.07, 6.45) is 9.68. The molecule has 0 bridgehead atoms. The lowest BCUT2D eigenvalue weighted by atomic mass is 9.85. The van der Waals surface area contributed by atoms with Gasteiger partial charge in [0, 0.05) is 18.1 Å². The molecule has 2 unspecified atom stereocenters.